The van der Waals surface area contributed by atoms with Crippen LogP contribution < -0.4 is 11.1 Å². The fourth-order valence-electron chi connectivity index (χ4n) is 1.43. The van der Waals surface area contributed by atoms with Crippen LogP contribution in [0.2, 0.25) is 0 Å². The van der Waals surface area contributed by atoms with Gasteiger partial charge in [-0.15, -0.1) is 0 Å². The predicted molar refractivity (Wildman–Crippen MR) is 73.4 cm³/mol. The molecule has 100 valence electrons. The van der Waals surface area contributed by atoms with Crippen molar-refractivity contribution in [3.05, 3.63) is 23.9 Å². The van der Waals surface area contributed by atoms with Crippen molar-refractivity contribution in [2.45, 2.75) is 26.3 Å². The molecule has 0 aliphatic carbocycles. The van der Waals surface area contributed by atoms with Crippen molar-refractivity contribution in [2.24, 2.45) is 0 Å². The van der Waals surface area contributed by atoms with Gasteiger partial charge >= 0.3 is 0 Å². The highest BCUT2D eigenvalue weighted by Gasteiger charge is 2.06. The van der Waals surface area contributed by atoms with Crippen LogP contribution >= 0.6 is 0 Å². The zero-order valence-electron chi connectivity index (χ0n) is 11.3. The highest BCUT2D eigenvalue weighted by atomic mass is 16.1. The number of aromatic nitrogens is 1. The van der Waals surface area contributed by atoms with Gasteiger partial charge in [-0.05, 0) is 46.0 Å². The van der Waals surface area contributed by atoms with Crippen molar-refractivity contribution < 1.29 is 4.79 Å². The second kappa shape index (κ2) is 6.96. The molecule has 0 atom stereocenters. The number of carbonyl (C=O) groups excluding carboxylic acids is 1. The molecule has 0 spiro atoms. The Kier molecular flexibility index (Phi) is 5.58. The molecule has 5 nitrogen and oxygen atoms in total. The summed E-state index contributed by atoms with van der Waals surface area (Å²) in [6.45, 7) is 5.94. The largest absolute Gasteiger partial charge is 0.384 e. The van der Waals surface area contributed by atoms with E-state index in [4.69, 9.17) is 5.73 Å². The number of amides is 1. The van der Waals surface area contributed by atoms with Crippen LogP contribution in [0.1, 0.15) is 30.6 Å². The molecule has 0 fully saturated rings. The van der Waals surface area contributed by atoms with Crippen LogP contribution in [-0.4, -0.2) is 42.0 Å². The van der Waals surface area contributed by atoms with Crippen molar-refractivity contribution in [1.82, 2.24) is 15.2 Å². The highest BCUT2D eigenvalue weighted by Crippen LogP contribution is 2.01. The second-order valence-corrected chi connectivity index (χ2v) is 4.66. The normalized spacial score (nSPS) is 10.9. The number of hydrogen-bond acceptors (Lipinski definition) is 4. The first-order chi connectivity index (χ1) is 8.50. The minimum absolute atomic E-state index is 0.102. The Labute approximate surface area is 108 Å². The third kappa shape index (κ3) is 4.71. The van der Waals surface area contributed by atoms with Gasteiger partial charge in [0, 0.05) is 18.8 Å². The van der Waals surface area contributed by atoms with Gasteiger partial charge in [0.25, 0.3) is 5.91 Å². The summed E-state index contributed by atoms with van der Waals surface area (Å²) in [5, 5.41) is 2.87. The Morgan fingerprint density at radius 2 is 2.22 bits per heavy atom. The first kappa shape index (κ1) is 14.4. The number of rotatable bonds is 6. The fraction of sp³-hybridized carbons (Fsp3) is 0.538. The number of nitrogen functional groups attached to an aromatic ring is 1. The second-order valence-electron chi connectivity index (χ2n) is 4.66. The number of nitrogens with zero attached hydrogens (tertiary/aromatic N) is 2. The standard InChI is InChI=1S/C13H22N4O/c1-10(2)17(3)8-4-7-15-13(18)11-5-6-12(14)16-9-11/h5-6,9-10H,4,7-8H2,1-3H3,(H2,14,16)(H,15,18). The molecule has 0 saturated carbocycles. The number of pyridine rings is 1. The van der Waals surface area contributed by atoms with Gasteiger partial charge in [-0.3, -0.25) is 4.79 Å². The smallest absolute Gasteiger partial charge is 0.252 e. The van der Waals surface area contributed by atoms with Crippen LogP contribution in [0.15, 0.2) is 18.3 Å². The first-order valence-corrected chi connectivity index (χ1v) is 6.20. The maximum absolute atomic E-state index is 11.7. The van der Waals surface area contributed by atoms with E-state index in [-0.39, 0.29) is 5.91 Å². The molecule has 5 heteroatoms. The van der Waals surface area contributed by atoms with Crippen LogP contribution in [0, 0.1) is 0 Å². The highest BCUT2D eigenvalue weighted by molar-refractivity contribution is 5.93. The van der Waals surface area contributed by atoms with Gasteiger partial charge < -0.3 is 16.0 Å². The van der Waals surface area contributed by atoms with Crippen LogP contribution in [0.4, 0.5) is 5.82 Å². The van der Waals surface area contributed by atoms with E-state index < -0.39 is 0 Å². The summed E-state index contributed by atoms with van der Waals surface area (Å²) in [6.07, 6.45) is 2.42. The number of nitrogens with one attached hydrogen (secondary N) is 1. The van der Waals surface area contributed by atoms with Crippen molar-refractivity contribution >= 4 is 11.7 Å². The Hall–Kier alpha value is -1.62. The molecule has 0 bridgehead atoms. The van der Waals surface area contributed by atoms with Gasteiger partial charge in [-0.1, -0.05) is 0 Å². The summed E-state index contributed by atoms with van der Waals surface area (Å²) in [5.74, 6) is 0.319. The van der Waals surface area contributed by atoms with E-state index in [9.17, 15) is 4.79 Å². The zero-order chi connectivity index (χ0) is 13.5. The van der Waals surface area contributed by atoms with E-state index in [0.29, 0.717) is 24.0 Å². The third-order valence-electron chi connectivity index (χ3n) is 2.90. The maximum atomic E-state index is 11.7. The molecule has 0 radical (unpaired) electrons. The predicted octanol–water partition coefficient (Wildman–Crippen LogP) is 1.12. The Morgan fingerprint density at radius 1 is 1.50 bits per heavy atom. The quantitative estimate of drug-likeness (QED) is 0.742. The van der Waals surface area contributed by atoms with E-state index in [2.05, 4.69) is 36.1 Å². The molecule has 0 aromatic carbocycles. The Morgan fingerprint density at radius 3 is 2.78 bits per heavy atom. The summed E-state index contributed by atoms with van der Waals surface area (Å²) >= 11 is 0. The molecule has 0 unspecified atom stereocenters. The Balaban J connectivity index is 2.27. The lowest BCUT2D eigenvalue weighted by atomic mass is 10.2. The van der Waals surface area contributed by atoms with Gasteiger partial charge in [0.05, 0.1) is 5.56 Å². The minimum atomic E-state index is -0.102. The summed E-state index contributed by atoms with van der Waals surface area (Å²) < 4.78 is 0. The summed E-state index contributed by atoms with van der Waals surface area (Å²) in [7, 11) is 2.08. The van der Waals surface area contributed by atoms with Crippen molar-refractivity contribution in [2.75, 3.05) is 25.9 Å². The van der Waals surface area contributed by atoms with E-state index in [1.165, 1.54) is 6.20 Å². The third-order valence-corrected chi connectivity index (χ3v) is 2.90. The molecule has 18 heavy (non-hydrogen) atoms. The molecule has 0 aliphatic heterocycles. The molecule has 1 heterocycles. The fourth-order valence-corrected chi connectivity index (χ4v) is 1.43. The number of carbonyl (C=O) groups is 1. The van der Waals surface area contributed by atoms with Crippen molar-refractivity contribution in [3.8, 4) is 0 Å². The molecule has 3 N–H and O–H groups in total. The number of anilines is 1. The van der Waals surface area contributed by atoms with Gasteiger partial charge in [0.15, 0.2) is 0 Å². The summed E-state index contributed by atoms with van der Waals surface area (Å²) in [4.78, 5) is 17.9. The number of nitrogens with two attached hydrogens (primary N) is 1. The first-order valence-electron chi connectivity index (χ1n) is 6.20. The number of hydrogen-bond donors (Lipinski definition) is 2. The average Bonchev–Trinajstić information content (AvgIpc) is 2.34. The molecule has 1 rings (SSSR count). The van der Waals surface area contributed by atoms with E-state index in [1.54, 1.807) is 12.1 Å². The lowest BCUT2D eigenvalue weighted by Gasteiger charge is -2.20. The molecule has 1 aromatic heterocycles. The van der Waals surface area contributed by atoms with Gasteiger partial charge in [-0.2, -0.15) is 0 Å². The SMILES string of the molecule is CC(C)N(C)CCCNC(=O)c1ccc(N)nc1. The minimum Gasteiger partial charge on any atom is -0.384 e. The Bertz CT molecular complexity index is 375. The summed E-state index contributed by atoms with van der Waals surface area (Å²) in [6, 6.07) is 3.83. The van der Waals surface area contributed by atoms with Crippen LogP contribution in [0.25, 0.3) is 0 Å². The van der Waals surface area contributed by atoms with Crippen molar-refractivity contribution in [1.29, 1.82) is 0 Å². The van der Waals surface area contributed by atoms with Crippen molar-refractivity contribution in [3.63, 3.8) is 0 Å². The van der Waals surface area contributed by atoms with Crippen LogP contribution in [-0.2, 0) is 0 Å². The maximum Gasteiger partial charge on any atom is 0.252 e. The molecule has 0 aliphatic rings. The lowest BCUT2D eigenvalue weighted by molar-refractivity contribution is 0.0951. The monoisotopic (exact) mass is 250 g/mol. The molecular weight excluding hydrogens is 228 g/mol. The van der Waals surface area contributed by atoms with Gasteiger partial charge in [-0.25, -0.2) is 4.98 Å². The van der Waals surface area contributed by atoms with Crippen LogP contribution in [0.3, 0.4) is 0 Å². The van der Waals surface area contributed by atoms with Gasteiger partial charge in [0.1, 0.15) is 5.82 Å². The zero-order valence-corrected chi connectivity index (χ0v) is 11.3. The lowest BCUT2D eigenvalue weighted by Crippen LogP contribution is -2.31. The molecule has 1 aromatic rings. The van der Waals surface area contributed by atoms with E-state index in [0.717, 1.165) is 13.0 Å². The molecular formula is C13H22N4O. The molecule has 1 amide bonds. The van der Waals surface area contributed by atoms with Crippen LogP contribution in [0.5, 0.6) is 0 Å². The van der Waals surface area contributed by atoms with E-state index in [1.807, 2.05) is 0 Å². The van der Waals surface area contributed by atoms with Gasteiger partial charge in [0.2, 0.25) is 0 Å². The van der Waals surface area contributed by atoms with E-state index >= 15 is 0 Å². The topological polar surface area (TPSA) is 71.2 Å². The summed E-state index contributed by atoms with van der Waals surface area (Å²) in [5.41, 5.74) is 6.00. The average molecular weight is 250 g/mol. The molecule has 0 saturated heterocycles.